The van der Waals surface area contributed by atoms with E-state index in [9.17, 15) is 27.9 Å². The lowest BCUT2D eigenvalue weighted by Crippen LogP contribution is -2.62. The van der Waals surface area contributed by atoms with E-state index in [1.54, 1.807) is 42.5 Å². The number of hydrogen-bond acceptors (Lipinski definition) is 8. The van der Waals surface area contributed by atoms with Crippen molar-refractivity contribution in [1.82, 2.24) is 10.6 Å². The van der Waals surface area contributed by atoms with Gasteiger partial charge in [-0.25, -0.2) is 4.79 Å². The van der Waals surface area contributed by atoms with Gasteiger partial charge in [0.25, 0.3) is 11.5 Å². The van der Waals surface area contributed by atoms with Crippen molar-refractivity contribution in [3.63, 3.8) is 0 Å². The quantitative estimate of drug-likeness (QED) is 0.271. The highest BCUT2D eigenvalue weighted by Crippen LogP contribution is 2.25. The molecule has 1 saturated heterocycles. The number of ether oxygens (including phenoxy) is 1. The molecular formula is C23H27N3O8S. The third kappa shape index (κ3) is 6.78. The van der Waals surface area contributed by atoms with Crippen LogP contribution in [0.4, 0.5) is 0 Å². The lowest BCUT2D eigenvalue weighted by Gasteiger charge is -2.28. The Kier molecular flexibility index (Phi) is 8.10. The number of carboxylic acid groups (broad SMARTS) is 1. The van der Waals surface area contributed by atoms with Gasteiger partial charge in [-0.05, 0) is 41.8 Å². The zero-order chi connectivity index (χ0) is 25.6. The molecule has 35 heavy (non-hydrogen) atoms. The maximum Gasteiger partial charge on any atom is 0.347 e. The van der Waals surface area contributed by atoms with Crippen LogP contribution in [-0.4, -0.2) is 68.9 Å². The minimum atomic E-state index is -3.66. The molecule has 2 atom stereocenters. The third-order valence-corrected chi connectivity index (χ3v) is 5.89. The van der Waals surface area contributed by atoms with Crippen molar-refractivity contribution in [2.45, 2.75) is 24.5 Å². The molecule has 1 heterocycles. The van der Waals surface area contributed by atoms with Gasteiger partial charge in [-0.2, -0.15) is 8.42 Å². The summed E-state index contributed by atoms with van der Waals surface area (Å²) < 4.78 is 33.0. The van der Waals surface area contributed by atoms with E-state index < -0.39 is 39.5 Å². The predicted octanol–water partition coefficient (Wildman–Crippen LogP) is 0.0379. The summed E-state index contributed by atoms with van der Waals surface area (Å²) in [7, 11) is -3.66. The molecule has 2 aromatic carbocycles. The Morgan fingerprint density at radius 1 is 1.20 bits per heavy atom. The van der Waals surface area contributed by atoms with Gasteiger partial charge in [0.1, 0.15) is 11.8 Å². The fourth-order valence-electron chi connectivity index (χ4n) is 3.61. The Balaban J connectivity index is 1.74. The fourth-order valence-corrected chi connectivity index (χ4v) is 4.06. The largest absolute Gasteiger partial charge is 0.479 e. The Morgan fingerprint density at radius 3 is 2.54 bits per heavy atom. The molecule has 0 radical (unpaired) electrons. The van der Waals surface area contributed by atoms with E-state index in [4.69, 9.17) is 14.7 Å². The molecule has 0 aliphatic carbocycles. The van der Waals surface area contributed by atoms with Crippen molar-refractivity contribution in [3.05, 3.63) is 54.1 Å². The molecular weight excluding hydrogens is 478 g/mol. The average Bonchev–Trinajstić information content (AvgIpc) is 3.05. The van der Waals surface area contributed by atoms with Crippen molar-refractivity contribution in [2.24, 2.45) is 5.73 Å². The molecule has 2 amide bonds. The Labute approximate surface area is 202 Å². The lowest BCUT2D eigenvalue weighted by molar-refractivity contribution is -0.172. The van der Waals surface area contributed by atoms with Crippen molar-refractivity contribution in [1.29, 1.82) is 0 Å². The molecule has 12 heteroatoms. The van der Waals surface area contributed by atoms with Crippen molar-refractivity contribution >= 4 is 27.9 Å². The number of amides is 2. The highest BCUT2D eigenvalue weighted by atomic mass is 32.2. The minimum Gasteiger partial charge on any atom is -0.479 e. The van der Waals surface area contributed by atoms with Crippen molar-refractivity contribution in [2.75, 3.05) is 26.0 Å². The molecule has 1 fully saturated rings. The van der Waals surface area contributed by atoms with Gasteiger partial charge in [0, 0.05) is 13.0 Å². The molecule has 188 valence electrons. The maximum absolute atomic E-state index is 12.9. The standard InChI is InChI=1S/C23H27N3O8S/c1-35(31,32)34-18-5-2-4-17(13-18)16-8-6-15(7-9-16)12-19(20(24)27)26-21(28)23(22(29)30)14-25-10-3-11-33-23/h2,4-9,13,19,25H,3,10-12,14H2,1H3,(H2,24,27)(H,26,28)(H,29,30)/t19?,23-/m0/s1. The number of hydrogen-bond donors (Lipinski definition) is 4. The topological polar surface area (TPSA) is 174 Å². The number of carbonyl (C=O) groups excluding carboxylic acids is 2. The number of carboxylic acids is 1. The number of rotatable bonds is 9. The molecule has 0 saturated carbocycles. The molecule has 11 nitrogen and oxygen atoms in total. The first-order chi connectivity index (χ1) is 16.5. The summed E-state index contributed by atoms with van der Waals surface area (Å²) >= 11 is 0. The van der Waals surface area contributed by atoms with E-state index in [-0.39, 0.29) is 25.3 Å². The second-order valence-electron chi connectivity index (χ2n) is 8.16. The molecule has 0 bridgehead atoms. The Hall–Kier alpha value is -3.48. The molecule has 1 unspecified atom stereocenters. The van der Waals surface area contributed by atoms with E-state index in [0.29, 0.717) is 24.1 Å². The summed E-state index contributed by atoms with van der Waals surface area (Å²) in [6, 6.07) is 12.3. The average molecular weight is 506 g/mol. The van der Waals surface area contributed by atoms with Gasteiger partial charge in [0.05, 0.1) is 12.9 Å². The SMILES string of the molecule is CS(=O)(=O)Oc1cccc(-c2ccc(CC(NC(=O)[C@]3(C(=O)O)CNCCCO3)C(N)=O)cc2)c1. The van der Waals surface area contributed by atoms with E-state index in [1.165, 1.54) is 6.07 Å². The smallest absolute Gasteiger partial charge is 0.347 e. The highest BCUT2D eigenvalue weighted by molar-refractivity contribution is 7.86. The van der Waals surface area contributed by atoms with Crippen LogP contribution in [0.15, 0.2) is 48.5 Å². The normalized spacial score (nSPS) is 19.2. The molecule has 2 aromatic rings. The van der Waals surface area contributed by atoms with E-state index >= 15 is 0 Å². The Morgan fingerprint density at radius 2 is 1.91 bits per heavy atom. The van der Waals surface area contributed by atoms with Gasteiger partial charge < -0.3 is 30.4 Å². The van der Waals surface area contributed by atoms with Crippen molar-refractivity contribution in [3.8, 4) is 16.9 Å². The van der Waals surface area contributed by atoms with Crippen LogP contribution in [0, 0.1) is 0 Å². The summed E-state index contributed by atoms with van der Waals surface area (Å²) in [5.74, 6) is -3.06. The van der Waals surface area contributed by atoms with E-state index in [2.05, 4.69) is 10.6 Å². The van der Waals surface area contributed by atoms with E-state index in [1.807, 2.05) is 0 Å². The number of nitrogens with two attached hydrogens (primary N) is 1. The van der Waals surface area contributed by atoms with E-state index in [0.717, 1.165) is 11.8 Å². The first-order valence-electron chi connectivity index (χ1n) is 10.8. The minimum absolute atomic E-state index is 0.0295. The number of benzene rings is 2. The van der Waals surface area contributed by atoms with Gasteiger partial charge in [-0.1, -0.05) is 36.4 Å². The zero-order valence-corrected chi connectivity index (χ0v) is 19.8. The van der Waals surface area contributed by atoms with Crippen LogP contribution in [0.2, 0.25) is 0 Å². The first-order valence-corrected chi connectivity index (χ1v) is 12.6. The molecule has 1 aliphatic rings. The second kappa shape index (κ2) is 10.8. The van der Waals surface area contributed by atoms with Crippen LogP contribution in [0.1, 0.15) is 12.0 Å². The van der Waals surface area contributed by atoms with Crippen LogP contribution < -0.4 is 20.6 Å². The summed E-state index contributed by atoms with van der Waals surface area (Å²) in [5.41, 5.74) is 5.45. The van der Waals surface area contributed by atoms with Crippen LogP contribution in [0.25, 0.3) is 11.1 Å². The third-order valence-electron chi connectivity index (χ3n) is 5.39. The predicted molar refractivity (Wildman–Crippen MR) is 126 cm³/mol. The molecule has 0 aromatic heterocycles. The number of primary amides is 1. The summed E-state index contributed by atoms with van der Waals surface area (Å²) in [5, 5.41) is 15.0. The van der Waals surface area contributed by atoms with Crippen LogP contribution in [-0.2, 0) is 35.7 Å². The zero-order valence-electron chi connectivity index (χ0n) is 19.0. The Bertz CT molecular complexity index is 1190. The van der Waals surface area contributed by atoms with Crippen LogP contribution >= 0.6 is 0 Å². The molecule has 0 spiro atoms. The fraction of sp³-hybridized carbons (Fsp3) is 0.348. The van der Waals surface area contributed by atoms with Gasteiger partial charge >= 0.3 is 16.1 Å². The summed E-state index contributed by atoms with van der Waals surface area (Å²) in [6.07, 6.45) is 1.53. The van der Waals surface area contributed by atoms with Crippen molar-refractivity contribution < 1.29 is 36.8 Å². The van der Waals surface area contributed by atoms with Gasteiger partial charge in [-0.3, -0.25) is 9.59 Å². The highest BCUT2D eigenvalue weighted by Gasteiger charge is 2.49. The van der Waals surface area contributed by atoms with Gasteiger partial charge in [0.15, 0.2) is 0 Å². The monoisotopic (exact) mass is 505 g/mol. The molecule has 3 rings (SSSR count). The second-order valence-corrected chi connectivity index (χ2v) is 9.73. The summed E-state index contributed by atoms with van der Waals surface area (Å²) in [4.78, 5) is 36.8. The number of carbonyl (C=O) groups is 3. The van der Waals surface area contributed by atoms with Gasteiger partial charge in [-0.15, -0.1) is 0 Å². The number of nitrogens with one attached hydrogen (secondary N) is 2. The first kappa shape index (κ1) is 26.1. The number of aliphatic carboxylic acids is 1. The van der Waals surface area contributed by atoms with Crippen LogP contribution in [0.5, 0.6) is 5.75 Å². The van der Waals surface area contributed by atoms with Gasteiger partial charge in [0.2, 0.25) is 5.91 Å². The molecule has 5 N–H and O–H groups in total. The summed E-state index contributed by atoms with van der Waals surface area (Å²) in [6.45, 7) is 0.333. The maximum atomic E-state index is 12.9. The lowest BCUT2D eigenvalue weighted by atomic mass is 9.98. The van der Waals surface area contributed by atoms with Crippen LogP contribution in [0.3, 0.4) is 0 Å². The molecule has 1 aliphatic heterocycles.